The molecule has 1 N–H and O–H groups in total. The fraction of sp³-hybridized carbons (Fsp3) is 0.409. The van der Waals surface area contributed by atoms with E-state index >= 15 is 0 Å². The zero-order valence-electron chi connectivity index (χ0n) is 17.6. The highest BCUT2D eigenvalue weighted by Gasteiger charge is 2.24. The summed E-state index contributed by atoms with van der Waals surface area (Å²) in [6.45, 7) is 9.61. The van der Waals surface area contributed by atoms with Crippen LogP contribution in [0.15, 0.2) is 47.4 Å². The molecule has 0 radical (unpaired) electrons. The summed E-state index contributed by atoms with van der Waals surface area (Å²) in [6.07, 6.45) is 0. The van der Waals surface area contributed by atoms with Gasteiger partial charge in [0.1, 0.15) is 5.82 Å². The maximum absolute atomic E-state index is 14.0. The molecule has 2 aromatic rings. The lowest BCUT2D eigenvalue weighted by Crippen LogP contribution is -2.46. The number of carbonyl (C=O) groups is 1. The Kier molecular flexibility index (Phi) is 6.90. The first kappa shape index (κ1) is 22.4. The van der Waals surface area contributed by atoms with Crippen LogP contribution in [0, 0.1) is 5.82 Å². The van der Waals surface area contributed by atoms with Gasteiger partial charge in [-0.1, -0.05) is 19.1 Å². The molecule has 0 aromatic heterocycles. The van der Waals surface area contributed by atoms with Crippen LogP contribution in [0.1, 0.15) is 42.7 Å². The minimum absolute atomic E-state index is 0.0107. The van der Waals surface area contributed by atoms with E-state index in [1.54, 1.807) is 19.1 Å². The van der Waals surface area contributed by atoms with Gasteiger partial charge < -0.3 is 9.80 Å². The molecule has 162 valence electrons. The minimum Gasteiger partial charge on any atom is -0.369 e. The molecule has 1 aliphatic rings. The Bertz CT molecular complexity index is 1020. The lowest BCUT2D eigenvalue weighted by atomic mass is 10.0. The topological polar surface area (TPSA) is 69.7 Å². The SMILES string of the molecule is CCN1CCN(c2ccc(F)cc2[C@@H](C)NS(=O)(=O)c2cccc(C(C)=O)c2)CC1. The second-order valence-corrected chi connectivity index (χ2v) is 9.27. The third kappa shape index (κ3) is 5.06. The van der Waals surface area contributed by atoms with E-state index in [-0.39, 0.29) is 10.7 Å². The van der Waals surface area contributed by atoms with Gasteiger partial charge in [-0.25, -0.2) is 17.5 Å². The molecule has 8 heteroatoms. The maximum Gasteiger partial charge on any atom is 0.241 e. The summed E-state index contributed by atoms with van der Waals surface area (Å²) < 4.78 is 42.5. The number of carbonyl (C=O) groups excluding carboxylic acids is 1. The smallest absolute Gasteiger partial charge is 0.241 e. The third-order valence-corrected chi connectivity index (χ3v) is 7.04. The summed E-state index contributed by atoms with van der Waals surface area (Å²) in [6, 6.07) is 9.77. The van der Waals surface area contributed by atoms with Crippen molar-refractivity contribution in [3.8, 4) is 0 Å². The Morgan fingerprint density at radius 3 is 2.47 bits per heavy atom. The minimum atomic E-state index is -3.89. The molecule has 1 heterocycles. The molecule has 1 fully saturated rings. The summed E-state index contributed by atoms with van der Waals surface area (Å²) in [5.41, 5.74) is 1.75. The van der Waals surface area contributed by atoms with Crippen molar-refractivity contribution in [1.29, 1.82) is 0 Å². The first-order chi connectivity index (χ1) is 14.2. The van der Waals surface area contributed by atoms with Crippen molar-refractivity contribution in [3.05, 3.63) is 59.4 Å². The van der Waals surface area contributed by atoms with E-state index in [4.69, 9.17) is 0 Å². The Morgan fingerprint density at radius 2 is 1.83 bits per heavy atom. The van der Waals surface area contributed by atoms with Crippen molar-refractivity contribution in [3.63, 3.8) is 0 Å². The van der Waals surface area contributed by atoms with Crippen LogP contribution < -0.4 is 9.62 Å². The Morgan fingerprint density at radius 1 is 1.13 bits per heavy atom. The molecule has 0 amide bonds. The van der Waals surface area contributed by atoms with Crippen LogP contribution in [0.25, 0.3) is 0 Å². The molecule has 0 bridgehead atoms. The average Bonchev–Trinajstić information content (AvgIpc) is 2.73. The van der Waals surface area contributed by atoms with Crippen molar-refractivity contribution in [2.45, 2.75) is 31.7 Å². The number of hydrogen-bond donors (Lipinski definition) is 1. The van der Waals surface area contributed by atoms with Crippen LogP contribution in [0.2, 0.25) is 0 Å². The van der Waals surface area contributed by atoms with Crippen molar-refractivity contribution in [2.24, 2.45) is 0 Å². The molecule has 0 saturated carbocycles. The number of hydrogen-bond acceptors (Lipinski definition) is 5. The van der Waals surface area contributed by atoms with Crippen molar-refractivity contribution >= 4 is 21.5 Å². The highest BCUT2D eigenvalue weighted by molar-refractivity contribution is 7.89. The molecule has 0 spiro atoms. The zero-order chi connectivity index (χ0) is 21.9. The molecule has 1 aliphatic heterocycles. The molecule has 2 aromatic carbocycles. The van der Waals surface area contributed by atoms with E-state index < -0.39 is 21.9 Å². The monoisotopic (exact) mass is 433 g/mol. The summed E-state index contributed by atoms with van der Waals surface area (Å²) in [4.78, 5) is 16.1. The molecule has 30 heavy (non-hydrogen) atoms. The van der Waals surface area contributed by atoms with E-state index in [0.29, 0.717) is 11.1 Å². The number of anilines is 1. The third-order valence-electron chi connectivity index (χ3n) is 5.50. The van der Waals surface area contributed by atoms with Gasteiger partial charge >= 0.3 is 0 Å². The Balaban J connectivity index is 1.86. The first-order valence-electron chi connectivity index (χ1n) is 10.1. The molecule has 0 unspecified atom stereocenters. The lowest BCUT2D eigenvalue weighted by Gasteiger charge is -2.37. The van der Waals surface area contributed by atoms with Crippen molar-refractivity contribution in [2.75, 3.05) is 37.6 Å². The lowest BCUT2D eigenvalue weighted by molar-refractivity contribution is 0.101. The van der Waals surface area contributed by atoms with E-state index in [1.165, 1.54) is 37.3 Å². The summed E-state index contributed by atoms with van der Waals surface area (Å²) in [5, 5.41) is 0. The normalized spacial score (nSPS) is 16.5. The van der Waals surface area contributed by atoms with Gasteiger partial charge in [-0.05, 0) is 56.3 Å². The molecule has 1 atom stereocenters. The van der Waals surface area contributed by atoms with Crippen LogP contribution in [0.3, 0.4) is 0 Å². The van der Waals surface area contributed by atoms with Gasteiger partial charge in [-0.2, -0.15) is 0 Å². The largest absolute Gasteiger partial charge is 0.369 e. The number of likely N-dealkylation sites (N-methyl/N-ethyl adjacent to an activating group) is 1. The van der Waals surface area contributed by atoms with Crippen molar-refractivity contribution < 1.29 is 17.6 Å². The van der Waals surface area contributed by atoms with Gasteiger partial charge in [0.15, 0.2) is 5.78 Å². The molecule has 0 aliphatic carbocycles. The van der Waals surface area contributed by atoms with Gasteiger partial charge in [0.05, 0.1) is 4.90 Å². The quantitative estimate of drug-likeness (QED) is 0.679. The number of nitrogens with zero attached hydrogens (tertiary/aromatic N) is 2. The van der Waals surface area contributed by atoms with Gasteiger partial charge in [0.2, 0.25) is 10.0 Å². The summed E-state index contributed by atoms with van der Waals surface area (Å²) in [7, 11) is -3.89. The van der Waals surface area contributed by atoms with Gasteiger partial charge in [0, 0.05) is 43.5 Å². The zero-order valence-corrected chi connectivity index (χ0v) is 18.4. The van der Waals surface area contributed by atoms with E-state index in [9.17, 15) is 17.6 Å². The maximum atomic E-state index is 14.0. The van der Waals surface area contributed by atoms with Gasteiger partial charge in [-0.15, -0.1) is 0 Å². The van der Waals surface area contributed by atoms with Crippen LogP contribution in [0.5, 0.6) is 0 Å². The van der Waals surface area contributed by atoms with Crippen molar-refractivity contribution in [1.82, 2.24) is 9.62 Å². The number of nitrogens with one attached hydrogen (secondary N) is 1. The average molecular weight is 434 g/mol. The number of piperazine rings is 1. The number of ketones is 1. The molecular weight excluding hydrogens is 405 g/mol. The highest BCUT2D eigenvalue weighted by Crippen LogP contribution is 2.29. The number of halogens is 1. The van der Waals surface area contributed by atoms with E-state index in [2.05, 4.69) is 21.4 Å². The fourth-order valence-electron chi connectivity index (χ4n) is 3.71. The van der Waals surface area contributed by atoms with Crippen LogP contribution in [0.4, 0.5) is 10.1 Å². The number of benzene rings is 2. The van der Waals surface area contributed by atoms with Gasteiger partial charge in [0.25, 0.3) is 0 Å². The predicted octanol–water partition coefficient (Wildman–Crippen LogP) is 3.21. The van der Waals surface area contributed by atoms with Crippen LogP contribution >= 0.6 is 0 Å². The standard InChI is InChI=1S/C22H28FN3O3S/c1-4-25-10-12-26(13-11-25)22-9-8-19(23)15-21(22)16(2)24-30(28,29)20-7-5-6-18(14-20)17(3)27/h5-9,14-16,24H,4,10-13H2,1-3H3/t16-/m1/s1. The van der Waals surface area contributed by atoms with Crippen LogP contribution in [-0.2, 0) is 10.0 Å². The number of rotatable bonds is 7. The first-order valence-corrected chi connectivity index (χ1v) is 11.6. The highest BCUT2D eigenvalue weighted by atomic mass is 32.2. The molecule has 3 rings (SSSR count). The van der Waals surface area contributed by atoms with Crippen LogP contribution in [-0.4, -0.2) is 51.8 Å². The van der Waals surface area contributed by atoms with E-state index in [1.807, 2.05) is 0 Å². The molecule has 6 nitrogen and oxygen atoms in total. The second-order valence-electron chi connectivity index (χ2n) is 7.55. The predicted molar refractivity (Wildman–Crippen MR) is 116 cm³/mol. The number of Topliss-reactive ketones (excluding diaryl/α,β-unsaturated/α-hetero) is 1. The molecule has 1 saturated heterocycles. The summed E-state index contributed by atoms with van der Waals surface area (Å²) >= 11 is 0. The summed E-state index contributed by atoms with van der Waals surface area (Å²) in [5.74, 6) is -0.621. The fourth-order valence-corrected chi connectivity index (χ4v) is 4.98. The second kappa shape index (κ2) is 9.24. The number of sulfonamides is 1. The Labute approximate surface area is 177 Å². The Hall–Kier alpha value is -2.29. The van der Waals surface area contributed by atoms with E-state index in [0.717, 1.165) is 38.4 Å². The molecular formula is C22H28FN3O3S. The van der Waals surface area contributed by atoms with Gasteiger partial charge in [-0.3, -0.25) is 4.79 Å².